The molecule has 98 valence electrons. The number of nitrogens with one attached hydrogen (secondary N) is 1. The molecule has 1 aromatic rings. The number of methoxy groups -OCH3 is 1. The van der Waals surface area contributed by atoms with E-state index in [0.717, 1.165) is 5.56 Å². The minimum atomic E-state index is -0.751. The molecular weight excluding hydrogens is 230 g/mol. The average Bonchev–Trinajstić information content (AvgIpc) is 2.37. The van der Waals surface area contributed by atoms with Crippen LogP contribution in [0.25, 0.3) is 0 Å². The molecule has 0 bridgehead atoms. The molecule has 0 aliphatic carbocycles. The zero-order valence-electron chi connectivity index (χ0n) is 11.0. The topological polar surface area (TPSA) is 55.4 Å². The second-order valence-corrected chi connectivity index (χ2v) is 4.45. The molecular formula is C14H19NO3. The van der Waals surface area contributed by atoms with Gasteiger partial charge in [0.2, 0.25) is 5.91 Å². The summed E-state index contributed by atoms with van der Waals surface area (Å²) in [6.07, 6.45) is 0. The van der Waals surface area contributed by atoms with Crippen LogP contribution in [-0.2, 0) is 20.9 Å². The van der Waals surface area contributed by atoms with Crippen LogP contribution >= 0.6 is 0 Å². The second kappa shape index (κ2) is 6.79. The van der Waals surface area contributed by atoms with Crippen LogP contribution in [0.3, 0.4) is 0 Å². The van der Waals surface area contributed by atoms with Gasteiger partial charge in [-0.15, -0.1) is 0 Å². The number of amides is 1. The Morgan fingerprint density at radius 2 is 1.83 bits per heavy atom. The van der Waals surface area contributed by atoms with Gasteiger partial charge in [0.05, 0.1) is 7.11 Å². The lowest BCUT2D eigenvalue weighted by atomic mass is 9.95. The lowest BCUT2D eigenvalue weighted by Gasteiger charge is -2.17. The Morgan fingerprint density at radius 1 is 1.22 bits per heavy atom. The van der Waals surface area contributed by atoms with Crippen LogP contribution in [0.2, 0.25) is 0 Å². The molecule has 0 aliphatic rings. The number of hydrogen-bond donors (Lipinski definition) is 1. The van der Waals surface area contributed by atoms with Crippen molar-refractivity contribution in [2.75, 3.05) is 7.11 Å². The minimum absolute atomic E-state index is 0.0896. The molecule has 18 heavy (non-hydrogen) atoms. The Labute approximate surface area is 107 Å². The van der Waals surface area contributed by atoms with E-state index >= 15 is 0 Å². The minimum Gasteiger partial charge on any atom is -0.468 e. The van der Waals surface area contributed by atoms with Gasteiger partial charge in [-0.1, -0.05) is 44.2 Å². The van der Waals surface area contributed by atoms with E-state index in [0.29, 0.717) is 6.54 Å². The van der Waals surface area contributed by atoms with E-state index in [-0.39, 0.29) is 11.8 Å². The molecule has 0 radical (unpaired) electrons. The van der Waals surface area contributed by atoms with Crippen LogP contribution in [0.1, 0.15) is 19.4 Å². The van der Waals surface area contributed by atoms with Crippen LogP contribution in [0, 0.1) is 11.8 Å². The SMILES string of the molecule is COC(=O)C(C(=O)NCc1ccccc1)C(C)C. The number of carbonyl (C=O) groups excluding carboxylic acids is 2. The molecule has 0 saturated carbocycles. The summed E-state index contributed by atoms with van der Waals surface area (Å²) >= 11 is 0. The highest BCUT2D eigenvalue weighted by Crippen LogP contribution is 2.13. The molecule has 1 amide bonds. The van der Waals surface area contributed by atoms with Gasteiger partial charge in [0.1, 0.15) is 5.92 Å². The lowest BCUT2D eigenvalue weighted by molar-refractivity contribution is -0.151. The van der Waals surface area contributed by atoms with Crippen molar-refractivity contribution in [2.45, 2.75) is 20.4 Å². The van der Waals surface area contributed by atoms with E-state index in [1.807, 2.05) is 44.2 Å². The quantitative estimate of drug-likeness (QED) is 0.639. The summed E-state index contributed by atoms with van der Waals surface area (Å²) in [7, 11) is 1.29. The monoisotopic (exact) mass is 249 g/mol. The van der Waals surface area contributed by atoms with E-state index in [1.165, 1.54) is 7.11 Å². The molecule has 0 fully saturated rings. The maximum atomic E-state index is 11.9. The van der Waals surface area contributed by atoms with Crippen LogP contribution in [0.15, 0.2) is 30.3 Å². The largest absolute Gasteiger partial charge is 0.468 e. The maximum absolute atomic E-state index is 11.9. The molecule has 1 N–H and O–H groups in total. The van der Waals surface area contributed by atoms with Crippen LogP contribution in [-0.4, -0.2) is 19.0 Å². The fourth-order valence-electron chi connectivity index (χ4n) is 1.70. The van der Waals surface area contributed by atoms with Crippen LogP contribution < -0.4 is 5.32 Å². The number of ether oxygens (including phenoxy) is 1. The average molecular weight is 249 g/mol. The predicted molar refractivity (Wildman–Crippen MR) is 68.6 cm³/mol. The number of carbonyl (C=O) groups is 2. The number of esters is 1. The van der Waals surface area contributed by atoms with Crippen molar-refractivity contribution in [3.63, 3.8) is 0 Å². The fraction of sp³-hybridized carbons (Fsp3) is 0.429. The maximum Gasteiger partial charge on any atom is 0.318 e. The summed E-state index contributed by atoms with van der Waals surface area (Å²) in [5, 5.41) is 2.76. The van der Waals surface area contributed by atoms with Crippen molar-refractivity contribution in [2.24, 2.45) is 11.8 Å². The summed E-state index contributed by atoms with van der Waals surface area (Å²) in [6, 6.07) is 9.56. The number of hydrogen-bond acceptors (Lipinski definition) is 3. The zero-order chi connectivity index (χ0) is 13.5. The van der Waals surface area contributed by atoms with Crippen molar-refractivity contribution in [3.8, 4) is 0 Å². The van der Waals surface area contributed by atoms with Crippen molar-refractivity contribution in [3.05, 3.63) is 35.9 Å². The Morgan fingerprint density at radius 3 is 2.33 bits per heavy atom. The summed E-state index contributed by atoms with van der Waals surface area (Å²) in [6.45, 7) is 4.06. The van der Waals surface area contributed by atoms with Gasteiger partial charge >= 0.3 is 5.97 Å². The molecule has 0 spiro atoms. The smallest absolute Gasteiger partial charge is 0.318 e. The second-order valence-electron chi connectivity index (χ2n) is 4.45. The normalized spacial score (nSPS) is 12.0. The molecule has 4 nitrogen and oxygen atoms in total. The highest BCUT2D eigenvalue weighted by molar-refractivity contribution is 5.97. The molecule has 0 saturated heterocycles. The third-order valence-electron chi connectivity index (χ3n) is 2.71. The van der Waals surface area contributed by atoms with E-state index < -0.39 is 11.9 Å². The van der Waals surface area contributed by atoms with Crippen LogP contribution in [0.4, 0.5) is 0 Å². The highest BCUT2D eigenvalue weighted by atomic mass is 16.5. The predicted octanol–water partition coefficient (Wildman–Crippen LogP) is 1.75. The van der Waals surface area contributed by atoms with Gasteiger partial charge in [-0.25, -0.2) is 0 Å². The van der Waals surface area contributed by atoms with Gasteiger partial charge in [0.25, 0.3) is 0 Å². The lowest BCUT2D eigenvalue weighted by Crippen LogP contribution is -2.38. The van der Waals surface area contributed by atoms with Gasteiger partial charge in [-0.3, -0.25) is 9.59 Å². The third kappa shape index (κ3) is 3.87. The van der Waals surface area contributed by atoms with Gasteiger partial charge in [-0.05, 0) is 11.5 Å². The molecule has 1 aromatic carbocycles. The molecule has 1 atom stereocenters. The first-order valence-corrected chi connectivity index (χ1v) is 5.95. The van der Waals surface area contributed by atoms with Gasteiger partial charge in [0.15, 0.2) is 0 Å². The van der Waals surface area contributed by atoms with Gasteiger partial charge in [0, 0.05) is 6.54 Å². The van der Waals surface area contributed by atoms with Crippen LogP contribution in [0.5, 0.6) is 0 Å². The summed E-state index contributed by atoms with van der Waals surface area (Å²) in [5.74, 6) is -1.62. The number of rotatable bonds is 5. The van der Waals surface area contributed by atoms with E-state index in [2.05, 4.69) is 10.1 Å². The molecule has 4 heteroatoms. The molecule has 1 rings (SSSR count). The molecule has 0 heterocycles. The van der Waals surface area contributed by atoms with Crippen molar-refractivity contribution in [1.29, 1.82) is 0 Å². The summed E-state index contributed by atoms with van der Waals surface area (Å²) in [5.41, 5.74) is 0.998. The fourth-order valence-corrected chi connectivity index (χ4v) is 1.70. The van der Waals surface area contributed by atoms with E-state index in [4.69, 9.17) is 0 Å². The van der Waals surface area contributed by atoms with Gasteiger partial charge < -0.3 is 10.1 Å². The molecule has 1 unspecified atom stereocenters. The zero-order valence-corrected chi connectivity index (χ0v) is 11.0. The first kappa shape index (κ1) is 14.2. The van der Waals surface area contributed by atoms with Crippen molar-refractivity contribution in [1.82, 2.24) is 5.32 Å². The number of benzene rings is 1. The van der Waals surface area contributed by atoms with Crippen molar-refractivity contribution >= 4 is 11.9 Å². The Bertz CT molecular complexity index is 401. The summed E-state index contributed by atoms with van der Waals surface area (Å²) in [4.78, 5) is 23.5. The third-order valence-corrected chi connectivity index (χ3v) is 2.71. The van der Waals surface area contributed by atoms with Crippen molar-refractivity contribution < 1.29 is 14.3 Å². The standard InChI is InChI=1S/C14H19NO3/c1-10(2)12(14(17)18-3)13(16)15-9-11-7-5-4-6-8-11/h4-8,10,12H,9H2,1-3H3,(H,15,16). The Balaban J connectivity index is 2.60. The summed E-state index contributed by atoms with van der Waals surface area (Å²) < 4.78 is 4.65. The first-order chi connectivity index (χ1) is 8.56. The Hall–Kier alpha value is -1.84. The van der Waals surface area contributed by atoms with E-state index in [1.54, 1.807) is 0 Å². The molecule has 0 aliphatic heterocycles. The highest BCUT2D eigenvalue weighted by Gasteiger charge is 2.30. The van der Waals surface area contributed by atoms with Gasteiger partial charge in [-0.2, -0.15) is 0 Å². The first-order valence-electron chi connectivity index (χ1n) is 5.95. The molecule has 0 aromatic heterocycles. The Kier molecular flexibility index (Phi) is 5.36. The van der Waals surface area contributed by atoms with E-state index in [9.17, 15) is 9.59 Å².